The molecule has 0 saturated heterocycles. The zero-order chi connectivity index (χ0) is 22.5. The molecule has 1 aromatic carbocycles. The largest absolute Gasteiger partial charge is 0.481 e. The molecule has 1 aliphatic carbocycles. The molecule has 1 aromatic heterocycles. The van der Waals surface area contributed by atoms with Gasteiger partial charge in [0.1, 0.15) is 0 Å². The molecule has 31 heavy (non-hydrogen) atoms. The van der Waals surface area contributed by atoms with Gasteiger partial charge in [-0.25, -0.2) is 9.78 Å². The molecular formula is C21H24N4O5S. The molecule has 10 heteroatoms. The second kappa shape index (κ2) is 9.69. The van der Waals surface area contributed by atoms with Gasteiger partial charge in [0.15, 0.2) is 10.9 Å². The molecule has 9 nitrogen and oxygen atoms in total. The van der Waals surface area contributed by atoms with Gasteiger partial charge in [-0.3, -0.25) is 19.7 Å². The number of hydrogen-bond donors (Lipinski definition) is 4. The number of carboxylic acids is 1. The molecule has 1 fully saturated rings. The molecular weight excluding hydrogens is 420 g/mol. The van der Waals surface area contributed by atoms with Gasteiger partial charge in [-0.05, 0) is 37.5 Å². The third-order valence-electron chi connectivity index (χ3n) is 5.26. The van der Waals surface area contributed by atoms with Crippen molar-refractivity contribution in [2.45, 2.75) is 39.0 Å². The van der Waals surface area contributed by atoms with Crippen LogP contribution in [0.1, 0.15) is 57.7 Å². The third-order valence-corrected chi connectivity index (χ3v) is 6.07. The zero-order valence-corrected chi connectivity index (χ0v) is 18.1. The highest BCUT2D eigenvalue weighted by molar-refractivity contribution is 7.14. The van der Waals surface area contributed by atoms with Crippen molar-refractivity contribution in [3.05, 3.63) is 39.9 Å². The van der Waals surface area contributed by atoms with Crippen LogP contribution in [-0.2, 0) is 11.2 Å². The summed E-state index contributed by atoms with van der Waals surface area (Å²) in [5.74, 6) is -1.51. The Labute approximate surface area is 183 Å². The monoisotopic (exact) mass is 444 g/mol. The summed E-state index contributed by atoms with van der Waals surface area (Å²) in [6.07, 6.45) is 3.31. The van der Waals surface area contributed by atoms with Crippen LogP contribution in [-0.4, -0.2) is 40.8 Å². The van der Waals surface area contributed by atoms with Crippen molar-refractivity contribution in [1.82, 2.24) is 10.3 Å². The molecule has 0 bridgehead atoms. The van der Waals surface area contributed by atoms with E-state index in [1.165, 1.54) is 7.05 Å². The highest BCUT2D eigenvalue weighted by Crippen LogP contribution is 2.33. The van der Waals surface area contributed by atoms with Crippen LogP contribution in [0.5, 0.6) is 0 Å². The first-order valence-electron chi connectivity index (χ1n) is 9.94. The highest BCUT2D eigenvalue weighted by atomic mass is 32.1. The minimum atomic E-state index is -1.01. The number of nitrogens with zero attached hydrogens (tertiary/aromatic N) is 1. The number of urea groups is 1. The Balaban J connectivity index is 1.85. The third kappa shape index (κ3) is 5.26. The molecule has 3 amide bonds. The van der Waals surface area contributed by atoms with Gasteiger partial charge in [0.2, 0.25) is 0 Å². The summed E-state index contributed by atoms with van der Waals surface area (Å²) in [5.41, 5.74) is 1.91. The van der Waals surface area contributed by atoms with E-state index in [1.54, 1.807) is 24.4 Å². The number of thiazole rings is 1. The number of amides is 3. The smallest absolute Gasteiger partial charge is 0.325 e. The topological polar surface area (TPSA) is 137 Å². The SMILES string of the molecule is CNC(=O)c1ccc(NC(=O)Nc2nc(CC(=O)O)cs2)c(C(=O)C2CCCC2)c1C. The van der Waals surface area contributed by atoms with Crippen molar-refractivity contribution in [1.29, 1.82) is 0 Å². The van der Waals surface area contributed by atoms with E-state index in [0.29, 0.717) is 28.1 Å². The Morgan fingerprint density at radius 1 is 1.16 bits per heavy atom. The van der Waals surface area contributed by atoms with Crippen LogP contribution in [0, 0.1) is 12.8 Å². The van der Waals surface area contributed by atoms with Crippen molar-refractivity contribution in [2.75, 3.05) is 17.7 Å². The summed E-state index contributed by atoms with van der Waals surface area (Å²) in [4.78, 5) is 52.8. The number of carboxylic acid groups (broad SMARTS) is 1. The predicted molar refractivity (Wildman–Crippen MR) is 117 cm³/mol. The van der Waals surface area contributed by atoms with Crippen molar-refractivity contribution in [2.24, 2.45) is 5.92 Å². The van der Waals surface area contributed by atoms with Crippen LogP contribution in [0.2, 0.25) is 0 Å². The molecule has 2 aromatic rings. The van der Waals surface area contributed by atoms with E-state index >= 15 is 0 Å². The summed E-state index contributed by atoms with van der Waals surface area (Å²) >= 11 is 1.11. The van der Waals surface area contributed by atoms with Gasteiger partial charge in [-0.1, -0.05) is 12.8 Å². The van der Waals surface area contributed by atoms with E-state index in [0.717, 1.165) is 37.0 Å². The average molecular weight is 445 g/mol. The number of ketones is 1. The Bertz CT molecular complexity index is 1030. The van der Waals surface area contributed by atoms with Crippen LogP contribution in [0.25, 0.3) is 0 Å². The van der Waals surface area contributed by atoms with Gasteiger partial charge in [0.25, 0.3) is 5.91 Å². The molecule has 0 radical (unpaired) electrons. The number of benzene rings is 1. The minimum absolute atomic E-state index is 0.0750. The molecule has 0 atom stereocenters. The number of carbonyl (C=O) groups excluding carboxylic acids is 3. The standard InChI is InChI=1S/C21H24N4O5S/c1-11-14(19(29)22-2)7-8-15(17(11)18(28)12-5-3-4-6-12)24-20(30)25-21-23-13(10-31-21)9-16(26)27/h7-8,10,12H,3-6,9H2,1-2H3,(H,22,29)(H,26,27)(H2,23,24,25,30). The Morgan fingerprint density at radius 2 is 1.87 bits per heavy atom. The fraction of sp³-hybridized carbons (Fsp3) is 0.381. The fourth-order valence-corrected chi connectivity index (χ4v) is 4.46. The highest BCUT2D eigenvalue weighted by Gasteiger charge is 2.29. The summed E-state index contributed by atoms with van der Waals surface area (Å²) in [6.45, 7) is 1.70. The Kier molecular flexibility index (Phi) is 7.01. The molecule has 4 N–H and O–H groups in total. The van der Waals surface area contributed by atoms with Crippen LogP contribution in [0.3, 0.4) is 0 Å². The molecule has 0 unspecified atom stereocenters. The molecule has 3 rings (SSSR count). The van der Waals surface area contributed by atoms with Crippen molar-refractivity contribution < 1.29 is 24.3 Å². The fourth-order valence-electron chi connectivity index (χ4n) is 3.76. The summed E-state index contributed by atoms with van der Waals surface area (Å²) < 4.78 is 0. The second-order valence-electron chi connectivity index (χ2n) is 7.38. The van der Waals surface area contributed by atoms with Crippen molar-refractivity contribution in [3.63, 3.8) is 0 Å². The van der Waals surface area contributed by atoms with Crippen LogP contribution < -0.4 is 16.0 Å². The maximum absolute atomic E-state index is 13.2. The number of anilines is 2. The second-order valence-corrected chi connectivity index (χ2v) is 8.24. The van der Waals surface area contributed by atoms with Gasteiger partial charge < -0.3 is 15.7 Å². The lowest BCUT2D eigenvalue weighted by molar-refractivity contribution is -0.136. The average Bonchev–Trinajstić information content (AvgIpc) is 3.39. The van der Waals surface area contributed by atoms with Gasteiger partial charge in [0.05, 0.1) is 17.8 Å². The number of aromatic nitrogens is 1. The van der Waals surface area contributed by atoms with Gasteiger partial charge in [0, 0.05) is 29.5 Å². The molecule has 1 aliphatic rings. The first kappa shape index (κ1) is 22.4. The first-order chi connectivity index (χ1) is 14.8. The van der Waals surface area contributed by atoms with Gasteiger partial charge >= 0.3 is 12.0 Å². The minimum Gasteiger partial charge on any atom is -0.481 e. The normalized spacial score (nSPS) is 13.6. The number of nitrogens with one attached hydrogen (secondary N) is 3. The zero-order valence-electron chi connectivity index (χ0n) is 17.3. The van der Waals surface area contributed by atoms with Crippen LogP contribution >= 0.6 is 11.3 Å². The number of Topliss-reactive ketones (excluding diaryl/α,β-unsaturated/α-hetero) is 1. The van der Waals surface area contributed by atoms with E-state index < -0.39 is 12.0 Å². The number of hydrogen-bond acceptors (Lipinski definition) is 6. The van der Waals surface area contributed by atoms with E-state index in [-0.39, 0.29) is 29.2 Å². The quantitative estimate of drug-likeness (QED) is 0.483. The molecule has 164 valence electrons. The molecule has 0 spiro atoms. The van der Waals surface area contributed by atoms with Crippen molar-refractivity contribution in [3.8, 4) is 0 Å². The summed E-state index contributed by atoms with van der Waals surface area (Å²) in [6, 6.07) is 2.52. The van der Waals surface area contributed by atoms with Crippen LogP contribution in [0.4, 0.5) is 15.6 Å². The van der Waals surface area contributed by atoms with E-state index in [9.17, 15) is 19.2 Å². The lowest BCUT2D eigenvalue weighted by Gasteiger charge is -2.18. The maximum Gasteiger partial charge on any atom is 0.325 e. The van der Waals surface area contributed by atoms with E-state index in [4.69, 9.17) is 5.11 Å². The van der Waals surface area contributed by atoms with Gasteiger partial charge in [-0.15, -0.1) is 11.3 Å². The lowest BCUT2D eigenvalue weighted by Crippen LogP contribution is -2.25. The summed E-state index contributed by atoms with van der Waals surface area (Å²) in [5, 5.41) is 18.5. The van der Waals surface area contributed by atoms with Crippen LogP contribution in [0.15, 0.2) is 17.5 Å². The number of rotatable bonds is 7. The van der Waals surface area contributed by atoms with E-state index in [2.05, 4.69) is 20.9 Å². The molecule has 1 saturated carbocycles. The predicted octanol–water partition coefficient (Wildman–Crippen LogP) is 3.46. The molecule has 0 aliphatic heterocycles. The Hall–Kier alpha value is -3.27. The maximum atomic E-state index is 13.2. The van der Waals surface area contributed by atoms with E-state index in [1.807, 2.05) is 0 Å². The van der Waals surface area contributed by atoms with Gasteiger partial charge in [-0.2, -0.15) is 0 Å². The number of carbonyl (C=O) groups is 4. The Morgan fingerprint density at radius 3 is 2.52 bits per heavy atom. The first-order valence-corrected chi connectivity index (χ1v) is 10.8. The van der Waals surface area contributed by atoms with Crippen molar-refractivity contribution >= 4 is 45.8 Å². The molecule has 1 heterocycles. The lowest BCUT2D eigenvalue weighted by atomic mass is 9.89. The number of aliphatic carboxylic acids is 1. The summed E-state index contributed by atoms with van der Waals surface area (Å²) in [7, 11) is 1.52.